The third-order valence-corrected chi connectivity index (χ3v) is 7.08. The van der Waals surface area contributed by atoms with Gasteiger partial charge in [-0.05, 0) is 45.3 Å². The molecule has 2 aromatic rings. The van der Waals surface area contributed by atoms with Crippen molar-refractivity contribution in [3.05, 3.63) is 31.3 Å². The topological polar surface area (TPSA) is 76.7 Å². The number of nitrogens with zero attached hydrogens (tertiary/aromatic N) is 3. The van der Waals surface area contributed by atoms with Gasteiger partial charge in [-0.2, -0.15) is 0 Å². The second-order valence-corrected chi connectivity index (χ2v) is 9.51. The van der Waals surface area contributed by atoms with Crippen molar-refractivity contribution < 1.29 is 9.84 Å². The number of piperidine rings is 1. The largest absolute Gasteiger partial charge is 0.395 e. The summed E-state index contributed by atoms with van der Waals surface area (Å²) in [5.74, 6) is 0. The van der Waals surface area contributed by atoms with Gasteiger partial charge in [0, 0.05) is 24.4 Å². The Kier molecular flexibility index (Phi) is 5.48. The number of hydrogen-bond acceptors (Lipinski definition) is 6. The van der Waals surface area contributed by atoms with Crippen LogP contribution in [0.5, 0.6) is 0 Å². The lowest BCUT2D eigenvalue weighted by Gasteiger charge is -2.30. The number of thiophene rings is 1. The predicted octanol–water partition coefficient (Wildman–Crippen LogP) is 1.55. The lowest BCUT2D eigenvalue weighted by Crippen LogP contribution is -2.43. The molecule has 0 aromatic carbocycles. The first-order chi connectivity index (χ1) is 13.4. The quantitative estimate of drug-likeness (QED) is 0.814. The predicted molar refractivity (Wildman–Crippen MR) is 110 cm³/mol. The molecule has 0 unspecified atom stereocenters. The molecule has 4 rings (SSSR count). The minimum atomic E-state index is -0.329. The molecule has 0 amide bonds. The fraction of sp³-hybridized carbons (Fsp3) is 0.700. The van der Waals surface area contributed by atoms with Crippen LogP contribution in [0, 0.1) is 0 Å². The summed E-state index contributed by atoms with van der Waals surface area (Å²) in [4.78, 5) is 30.4. The summed E-state index contributed by atoms with van der Waals surface area (Å²) in [6.07, 6.45) is 4.33. The number of aliphatic hydroxyl groups is 1. The molecule has 2 aliphatic heterocycles. The molecule has 28 heavy (non-hydrogen) atoms. The maximum Gasteiger partial charge on any atom is 0.332 e. The van der Waals surface area contributed by atoms with Gasteiger partial charge in [0.1, 0.15) is 4.83 Å². The molecular formula is C20H29N3O4S. The Morgan fingerprint density at radius 3 is 2.54 bits per heavy atom. The summed E-state index contributed by atoms with van der Waals surface area (Å²) in [6.45, 7) is 7.82. The summed E-state index contributed by atoms with van der Waals surface area (Å²) in [6, 6.07) is 0. The fourth-order valence-electron chi connectivity index (χ4n) is 4.32. The zero-order chi connectivity index (χ0) is 19.9. The van der Waals surface area contributed by atoms with Crippen molar-refractivity contribution in [3.8, 4) is 0 Å². The average molecular weight is 408 g/mol. The van der Waals surface area contributed by atoms with Crippen LogP contribution in [0.4, 0.5) is 0 Å². The molecule has 0 atom stereocenters. The minimum absolute atomic E-state index is 0.0296. The fourth-order valence-corrected chi connectivity index (χ4v) is 5.56. The van der Waals surface area contributed by atoms with E-state index in [0.717, 1.165) is 34.9 Å². The molecule has 2 aromatic heterocycles. The number of rotatable bonds is 5. The Morgan fingerprint density at radius 2 is 1.82 bits per heavy atom. The number of likely N-dealkylation sites (tertiary alicyclic amines) is 1. The SMILES string of the molecule is CC1(C)Cc2c(sc3c2c(=O)n(CCO)c(=O)n3CCN2CCCCC2)CO1. The molecule has 1 saturated heterocycles. The molecule has 7 nitrogen and oxygen atoms in total. The first-order valence-corrected chi connectivity index (χ1v) is 11.0. The van der Waals surface area contributed by atoms with Gasteiger partial charge in [-0.25, -0.2) is 4.79 Å². The summed E-state index contributed by atoms with van der Waals surface area (Å²) in [5.41, 5.74) is 0.0878. The van der Waals surface area contributed by atoms with Crippen LogP contribution < -0.4 is 11.2 Å². The van der Waals surface area contributed by atoms with Gasteiger partial charge in [0.25, 0.3) is 5.56 Å². The first-order valence-electron chi connectivity index (χ1n) is 10.2. The van der Waals surface area contributed by atoms with Crippen LogP contribution in [0.15, 0.2) is 9.59 Å². The molecule has 154 valence electrons. The Morgan fingerprint density at radius 1 is 1.07 bits per heavy atom. The van der Waals surface area contributed by atoms with Crippen LogP contribution in [0.2, 0.25) is 0 Å². The van der Waals surface area contributed by atoms with Crippen LogP contribution >= 0.6 is 11.3 Å². The molecular weight excluding hydrogens is 378 g/mol. The summed E-state index contributed by atoms with van der Waals surface area (Å²) in [7, 11) is 0. The molecule has 2 aliphatic rings. The van der Waals surface area contributed by atoms with Crippen molar-refractivity contribution in [2.45, 2.75) is 64.8 Å². The van der Waals surface area contributed by atoms with Crippen molar-refractivity contribution in [2.24, 2.45) is 0 Å². The summed E-state index contributed by atoms with van der Waals surface area (Å²) in [5, 5.41) is 10.0. The number of hydrogen-bond donors (Lipinski definition) is 1. The van der Waals surface area contributed by atoms with E-state index < -0.39 is 0 Å². The van der Waals surface area contributed by atoms with Crippen LogP contribution in [-0.4, -0.2) is 51.0 Å². The van der Waals surface area contributed by atoms with Gasteiger partial charge in [-0.15, -0.1) is 11.3 Å². The minimum Gasteiger partial charge on any atom is -0.395 e. The highest BCUT2D eigenvalue weighted by molar-refractivity contribution is 7.18. The second kappa shape index (κ2) is 7.74. The molecule has 8 heteroatoms. The van der Waals surface area contributed by atoms with Crippen molar-refractivity contribution in [1.29, 1.82) is 0 Å². The standard InChI is InChI=1S/C20H29N3O4S/c1-20(2)12-14-15(13-27-20)28-18-16(14)17(25)22(10-11-24)19(26)23(18)9-8-21-6-4-3-5-7-21/h24H,3-13H2,1-2H3. The molecule has 1 N–H and O–H groups in total. The van der Waals surface area contributed by atoms with E-state index in [2.05, 4.69) is 4.90 Å². The van der Waals surface area contributed by atoms with Gasteiger partial charge in [0.15, 0.2) is 0 Å². The van der Waals surface area contributed by atoms with Crippen LogP contribution in [0.1, 0.15) is 43.6 Å². The number of aromatic nitrogens is 2. The van der Waals surface area contributed by atoms with Gasteiger partial charge in [0.05, 0.1) is 30.7 Å². The van der Waals surface area contributed by atoms with E-state index in [9.17, 15) is 14.7 Å². The van der Waals surface area contributed by atoms with Crippen LogP contribution in [-0.2, 0) is 30.9 Å². The summed E-state index contributed by atoms with van der Waals surface area (Å²) < 4.78 is 8.88. The third-order valence-electron chi connectivity index (χ3n) is 5.85. The zero-order valence-electron chi connectivity index (χ0n) is 16.7. The Hall–Kier alpha value is -1.48. The van der Waals surface area contributed by atoms with E-state index in [-0.39, 0.29) is 30.0 Å². The second-order valence-electron chi connectivity index (χ2n) is 8.43. The Labute approximate surface area is 168 Å². The van der Waals surface area contributed by atoms with Crippen molar-refractivity contribution in [3.63, 3.8) is 0 Å². The Balaban J connectivity index is 1.82. The highest BCUT2D eigenvalue weighted by atomic mass is 32.1. The smallest absolute Gasteiger partial charge is 0.332 e. The van der Waals surface area contributed by atoms with Gasteiger partial charge in [-0.3, -0.25) is 13.9 Å². The monoisotopic (exact) mass is 407 g/mol. The van der Waals surface area contributed by atoms with Gasteiger partial charge < -0.3 is 14.7 Å². The molecule has 0 saturated carbocycles. The zero-order valence-corrected chi connectivity index (χ0v) is 17.5. The van der Waals surface area contributed by atoms with Crippen molar-refractivity contribution in [2.75, 3.05) is 26.2 Å². The van der Waals surface area contributed by atoms with E-state index >= 15 is 0 Å². The summed E-state index contributed by atoms with van der Waals surface area (Å²) >= 11 is 1.51. The van der Waals surface area contributed by atoms with Gasteiger partial charge >= 0.3 is 5.69 Å². The van der Waals surface area contributed by atoms with Crippen LogP contribution in [0.3, 0.4) is 0 Å². The number of fused-ring (bicyclic) bond motifs is 3. The van der Waals surface area contributed by atoms with E-state index in [4.69, 9.17) is 4.74 Å². The normalized spacial score (nSPS) is 19.8. The number of ether oxygens (including phenoxy) is 1. The van der Waals surface area contributed by atoms with E-state index in [1.807, 2.05) is 13.8 Å². The molecule has 0 spiro atoms. The molecule has 0 aliphatic carbocycles. The van der Waals surface area contributed by atoms with E-state index in [1.165, 1.54) is 35.2 Å². The molecule has 4 heterocycles. The first kappa shape index (κ1) is 19.8. The van der Waals surface area contributed by atoms with Gasteiger partial charge in [0.2, 0.25) is 0 Å². The van der Waals surface area contributed by atoms with Crippen LogP contribution in [0.25, 0.3) is 10.2 Å². The molecule has 0 bridgehead atoms. The van der Waals surface area contributed by atoms with Gasteiger partial charge in [-0.1, -0.05) is 6.42 Å². The highest BCUT2D eigenvalue weighted by Gasteiger charge is 2.32. The lowest BCUT2D eigenvalue weighted by molar-refractivity contribution is -0.0379. The molecule has 0 radical (unpaired) electrons. The van der Waals surface area contributed by atoms with E-state index in [0.29, 0.717) is 25.0 Å². The van der Waals surface area contributed by atoms with E-state index in [1.54, 1.807) is 4.57 Å². The Bertz CT molecular complexity index is 982. The number of aliphatic hydroxyl groups excluding tert-OH is 1. The molecule has 1 fully saturated rings. The maximum absolute atomic E-state index is 13.1. The third kappa shape index (κ3) is 3.58. The average Bonchev–Trinajstić information content (AvgIpc) is 3.03. The highest BCUT2D eigenvalue weighted by Crippen LogP contribution is 2.37. The van der Waals surface area contributed by atoms with Crippen molar-refractivity contribution in [1.82, 2.24) is 14.0 Å². The lowest BCUT2D eigenvalue weighted by atomic mass is 9.94. The maximum atomic E-state index is 13.1. The van der Waals surface area contributed by atoms with Crippen molar-refractivity contribution >= 4 is 21.6 Å².